The molecule has 1 saturated heterocycles. The predicted octanol–water partition coefficient (Wildman–Crippen LogP) is 2.98. The third kappa shape index (κ3) is 3.59. The van der Waals surface area contributed by atoms with Crippen LogP contribution in [0.1, 0.15) is 29.5 Å². The van der Waals surface area contributed by atoms with E-state index < -0.39 is 0 Å². The Bertz CT molecular complexity index is 696. The first-order chi connectivity index (χ1) is 11.1. The van der Waals surface area contributed by atoms with Crippen LogP contribution < -0.4 is 4.90 Å². The van der Waals surface area contributed by atoms with Gasteiger partial charge in [0.2, 0.25) is 5.91 Å². The quantitative estimate of drug-likeness (QED) is 0.810. The molecule has 120 valence electrons. The molecule has 3 heterocycles. The fourth-order valence-corrected chi connectivity index (χ4v) is 3.34. The second-order valence-corrected chi connectivity index (χ2v) is 6.71. The normalized spacial score (nSPS) is 17.8. The SMILES string of the molecule is CN(C)c1cncc([C@H]2CCCN2C(=O)/C=C/c2cccs2)n1. The Balaban J connectivity index is 1.77. The molecule has 2 aromatic heterocycles. The standard InChI is InChI=1S/C17H20N4OS/c1-20(2)16-12-18-11-14(19-16)15-6-3-9-21(15)17(22)8-7-13-5-4-10-23-13/h4-5,7-8,10-12,15H,3,6,9H2,1-2H3/b8-7+/t15-/m1/s1. The molecule has 1 aliphatic heterocycles. The number of amides is 1. The highest BCUT2D eigenvalue weighted by atomic mass is 32.1. The Labute approximate surface area is 140 Å². The van der Waals surface area contributed by atoms with Gasteiger partial charge in [0, 0.05) is 31.6 Å². The molecule has 1 aliphatic rings. The van der Waals surface area contributed by atoms with Gasteiger partial charge in [-0.05, 0) is 30.4 Å². The zero-order valence-electron chi connectivity index (χ0n) is 13.3. The molecule has 1 amide bonds. The lowest BCUT2D eigenvalue weighted by atomic mass is 10.1. The highest BCUT2D eigenvalue weighted by Crippen LogP contribution is 2.31. The molecule has 1 atom stereocenters. The molecule has 0 unspecified atom stereocenters. The molecular formula is C17H20N4OS. The molecule has 1 fully saturated rings. The maximum Gasteiger partial charge on any atom is 0.247 e. The van der Waals surface area contributed by atoms with E-state index in [0.29, 0.717) is 0 Å². The fourth-order valence-electron chi connectivity index (χ4n) is 2.72. The van der Waals surface area contributed by atoms with Gasteiger partial charge in [0.1, 0.15) is 5.82 Å². The molecule has 0 radical (unpaired) electrons. The molecule has 6 heteroatoms. The van der Waals surface area contributed by atoms with E-state index in [1.165, 1.54) is 0 Å². The number of rotatable bonds is 4. The smallest absolute Gasteiger partial charge is 0.247 e. The molecule has 23 heavy (non-hydrogen) atoms. The topological polar surface area (TPSA) is 49.3 Å². The van der Waals surface area contributed by atoms with Crippen molar-refractivity contribution in [3.63, 3.8) is 0 Å². The number of aromatic nitrogens is 2. The van der Waals surface area contributed by atoms with E-state index in [9.17, 15) is 4.79 Å². The molecule has 0 aliphatic carbocycles. The summed E-state index contributed by atoms with van der Waals surface area (Å²) in [4.78, 5) is 26.4. The zero-order chi connectivity index (χ0) is 16.2. The number of nitrogens with zero attached hydrogens (tertiary/aromatic N) is 4. The molecule has 5 nitrogen and oxygen atoms in total. The molecule has 0 spiro atoms. The molecule has 0 saturated carbocycles. The summed E-state index contributed by atoms with van der Waals surface area (Å²) in [5.74, 6) is 0.855. The van der Waals surface area contributed by atoms with Crippen LogP contribution in [0.2, 0.25) is 0 Å². The summed E-state index contributed by atoms with van der Waals surface area (Å²) in [6.45, 7) is 0.770. The minimum absolute atomic E-state index is 0.0166. The van der Waals surface area contributed by atoms with Crippen LogP contribution in [0.3, 0.4) is 0 Å². The van der Waals surface area contributed by atoms with E-state index in [0.717, 1.165) is 35.8 Å². The van der Waals surface area contributed by atoms with Crippen molar-refractivity contribution in [2.45, 2.75) is 18.9 Å². The van der Waals surface area contributed by atoms with Gasteiger partial charge < -0.3 is 9.80 Å². The van der Waals surface area contributed by atoms with Crippen molar-refractivity contribution < 1.29 is 4.79 Å². The maximum absolute atomic E-state index is 12.5. The Morgan fingerprint density at radius 1 is 1.43 bits per heavy atom. The average molecular weight is 328 g/mol. The number of hydrogen-bond donors (Lipinski definition) is 0. The van der Waals surface area contributed by atoms with E-state index in [1.807, 2.05) is 47.5 Å². The zero-order valence-corrected chi connectivity index (χ0v) is 14.2. The van der Waals surface area contributed by atoms with E-state index in [2.05, 4.69) is 9.97 Å². The van der Waals surface area contributed by atoms with Gasteiger partial charge in [-0.15, -0.1) is 11.3 Å². The van der Waals surface area contributed by atoms with Gasteiger partial charge in [0.15, 0.2) is 0 Å². The summed E-state index contributed by atoms with van der Waals surface area (Å²) >= 11 is 1.62. The highest BCUT2D eigenvalue weighted by molar-refractivity contribution is 7.10. The van der Waals surface area contributed by atoms with E-state index in [1.54, 1.807) is 29.8 Å². The van der Waals surface area contributed by atoms with Gasteiger partial charge in [0.25, 0.3) is 0 Å². The van der Waals surface area contributed by atoms with Crippen molar-refractivity contribution in [2.75, 3.05) is 25.5 Å². The summed E-state index contributed by atoms with van der Waals surface area (Å²) in [5, 5.41) is 2.01. The van der Waals surface area contributed by atoms with Gasteiger partial charge >= 0.3 is 0 Å². The first kappa shape index (κ1) is 15.7. The van der Waals surface area contributed by atoms with Crippen LogP contribution in [0.15, 0.2) is 36.0 Å². The number of carbonyl (C=O) groups excluding carboxylic acids is 1. The Kier molecular flexibility index (Phi) is 4.71. The van der Waals surface area contributed by atoms with Gasteiger partial charge in [0.05, 0.1) is 24.1 Å². The van der Waals surface area contributed by atoms with Crippen molar-refractivity contribution in [3.05, 3.63) is 46.6 Å². The number of carbonyl (C=O) groups is 1. The summed E-state index contributed by atoms with van der Waals surface area (Å²) in [6, 6.07) is 4.00. The number of likely N-dealkylation sites (tertiary alicyclic amines) is 1. The van der Waals surface area contributed by atoms with Crippen LogP contribution in [-0.4, -0.2) is 41.4 Å². The summed E-state index contributed by atoms with van der Waals surface area (Å²) in [7, 11) is 3.88. The van der Waals surface area contributed by atoms with Gasteiger partial charge in [-0.3, -0.25) is 9.78 Å². The predicted molar refractivity (Wildman–Crippen MR) is 93.4 cm³/mol. The summed E-state index contributed by atoms with van der Waals surface area (Å²) in [6.07, 6.45) is 8.98. The third-order valence-corrected chi connectivity index (χ3v) is 4.75. The second kappa shape index (κ2) is 6.91. The highest BCUT2D eigenvalue weighted by Gasteiger charge is 2.30. The van der Waals surface area contributed by atoms with Crippen molar-refractivity contribution in [2.24, 2.45) is 0 Å². The monoisotopic (exact) mass is 328 g/mol. The van der Waals surface area contributed by atoms with Crippen LogP contribution in [0.25, 0.3) is 6.08 Å². The van der Waals surface area contributed by atoms with Crippen LogP contribution in [0.4, 0.5) is 5.82 Å². The Morgan fingerprint density at radius 2 is 2.30 bits per heavy atom. The van der Waals surface area contributed by atoms with Crippen molar-refractivity contribution in [3.8, 4) is 0 Å². The Morgan fingerprint density at radius 3 is 3.04 bits per heavy atom. The van der Waals surface area contributed by atoms with E-state index >= 15 is 0 Å². The lowest BCUT2D eigenvalue weighted by Gasteiger charge is -2.23. The fraction of sp³-hybridized carbons (Fsp3) is 0.353. The first-order valence-electron chi connectivity index (χ1n) is 7.66. The van der Waals surface area contributed by atoms with Gasteiger partial charge in [-0.1, -0.05) is 6.07 Å². The van der Waals surface area contributed by atoms with Crippen molar-refractivity contribution in [1.29, 1.82) is 0 Å². The van der Waals surface area contributed by atoms with Gasteiger partial charge in [-0.25, -0.2) is 4.98 Å². The summed E-state index contributed by atoms with van der Waals surface area (Å²) < 4.78 is 0. The van der Waals surface area contributed by atoms with Crippen LogP contribution >= 0.6 is 11.3 Å². The van der Waals surface area contributed by atoms with Gasteiger partial charge in [-0.2, -0.15) is 0 Å². The minimum Gasteiger partial charge on any atom is -0.361 e. The minimum atomic E-state index is 0.0166. The number of hydrogen-bond acceptors (Lipinski definition) is 5. The third-order valence-electron chi connectivity index (χ3n) is 3.91. The molecule has 2 aromatic rings. The van der Waals surface area contributed by atoms with Crippen LogP contribution in [0.5, 0.6) is 0 Å². The molecule has 3 rings (SSSR count). The first-order valence-corrected chi connectivity index (χ1v) is 8.54. The number of thiophene rings is 1. The summed E-state index contributed by atoms with van der Waals surface area (Å²) in [5.41, 5.74) is 0.867. The van der Waals surface area contributed by atoms with Crippen molar-refractivity contribution >= 4 is 29.1 Å². The van der Waals surface area contributed by atoms with Crippen LogP contribution in [0, 0.1) is 0 Å². The lowest BCUT2D eigenvalue weighted by Crippen LogP contribution is -2.29. The lowest BCUT2D eigenvalue weighted by molar-refractivity contribution is -0.126. The molecule has 0 N–H and O–H groups in total. The van der Waals surface area contributed by atoms with Crippen LogP contribution in [-0.2, 0) is 4.79 Å². The Hall–Kier alpha value is -2.21. The molecule has 0 aromatic carbocycles. The van der Waals surface area contributed by atoms with E-state index in [4.69, 9.17) is 0 Å². The number of anilines is 1. The largest absolute Gasteiger partial charge is 0.361 e. The van der Waals surface area contributed by atoms with Crippen molar-refractivity contribution in [1.82, 2.24) is 14.9 Å². The average Bonchev–Trinajstić information content (AvgIpc) is 3.24. The molecule has 0 bridgehead atoms. The van der Waals surface area contributed by atoms with E-state index in [-0.39, 0.29) is 11.9 Å². The second-order valence-electron chi connectivity index (χ2n) is 5.73. The maximum atomic E-state index is 12.5. The molecular weight excluding hydrogens is 308 g/mol.